The number of carbonyl (C=O) groups excluding carboxylic acids is 2. The summed E-state index contributed by atoms with van der Waals surface area (Å²) in [6, 6.07) is -1.94. The second-order valence-corrected chi connectivity index (χ2v) is 2.49. The largest absolute Gasteiger partial charge is 2.00 e. The van der Waals surface area contributed by atoms with Gasteiger partial charge in [0, 0.05) is 0 Å². The summed E-state index contributed by atoms with van der Waals surface area (Å²) in [6.07, 6.45) is 0. The van der Waals surface area contributed by atoms with E-state index >= 15 is 0 Å². The number of carboxylic acids is 2. The Morgan fingerprint density at radius 1 is 0.933 bits per heavy atom. The SMILES string of the molecule is C[C@H]([NH2+][O-])C(=O)[O-].C[C@H]([NH2+][O-])C(=O)[O-].[Ca+2]. The van der Waals surface area contributed by atoms with Crippen LogP contribution in [0.2, 0.25) is 0 Å². The number of hydrogen-bond donors (Lipinski definition) is 2. The van der Waals surface area contributed by atoms with Crippen molar-refractivity contribution in [1.29, 1.82) is 0 Å². The Kier molecular flexibility index (Phi) is 16.5. The predicted molar refractivity (Wildman–Crippen MR) is 45.3 cm³/mol. The number of carboxylic acid groups (broad SMARTS) is 2. The van der Waals surface area contributed by atoms with Crippen LogP contribution < -0.4 is 21.2 Å². The maximum Gasteiger partial charge on any atom is 2.00 e. The van der Waals surface area contributed by atoms with Crippen molar-refractivity contribution < 1.29 is 30.8 Å². The van der Waals surface area contributed by atoms with Crippen molar-refractivity contribution in [3.05, 3.63) is 10.4 Å². The molecule has 0 aromatic carbocycles. The van der Waals surface area contributed by atoms with E-state index in [2.05, 4.69) is 0 Å². The van der Waals surface area contributed by atoms with Crippen LogP contribution in [-0.4, -0.2) is 61.8 Å². The predicted octanol–water partition coefficient (Wildman–Crippen LogP) is -6.01. The first kappa shape index (κ1) is 20.5. The van der Waals surface area contributed by atoms with Crippen LogP contribution in [0.15, 0.2) is 0 Å². The van der Waals surface area contributed by atoms with Crippen LogP contribution in [0.3, 0.4) is 0 Å². The van der Waals surface area contributed by atoms with E-state index in [0.29, 0.717) is 11.0 Å². The number of carbonyl (C=O) groups is 2. The molecule has 0 aliphatic heterocycles. The molecule has 0 rings (SSSR count). The number of rotatable bonds is 4. The third-order valence-electron chi connectivity index (χ3n) is 1.15. The minimum absolute atomic E-state index is 0. The summed E-state index contributed by atoms with van der Waals surface area (Å²) in [7, 11) is 0. The van der Waals surface area contributed by atoms with Gasteiger partial charge in [0.25, 0.3) is 0 Å². The van der Waals surface area contributed by atoms with E-state index in [1.54, 1.807) is 0 Å². The Balaban J connectivity index is -0.000000180. The van der Waals surface area contributed by atoms with Gasteiger partial charge in [0.2, 0.25) is 0 Å². The van der Waals surface area contributed by atoms with E-state index in [4.69, 9.17) is 0 Å². The quantitative estimate of drug-likeness (QED) is 0.372. The Bertz CT molecular complexity index is 170. The van der Waals surface area contributed by atoms with E-state index in [9.17, 15) is 30.2 Å². The molecule has 0 aromatic rings. The molecule has 8 nitrogen and oxygen atoms in total. The van der Waals surface area contributed by atoms with E-state index in [1.165, 1.54) is 13.8 Å². The third kappa shape index (κ3) is 14.0. The number of nitrogens with two attached hydrogens (primary N) is 2. The fourth-order valence-corrected chi connectivity index (χ4v) is 0.111. The van der Waals surface area contributed by atoms with Crippen molar-refractivity contribution in [1.82, 2.24) is 0 Å². The summed E-state index contributed by atoms with van der Waals surface area (Å²) in [6.45, 7) is 2.53. The van der Waals surface area contributed by atoms with Gasteiger partial charge in [-0.2, -0.15) is 0 Å². The molecule has 2 atom stereocenters. The monoisotopic (exact) mass is 248 g/mol. The van der Waals surface area contributed by atoms with Crippen molar-refractivity contribution in [3.63, 3.8) is 0 Å². The van der Waals surface area contributed by atoms with Gasteiger partial charge >= 0.3 is 37.7 Å². The van der Waals surface area contributed by atoms with Crippen molar-refractivity contribution in [2.24, 2.45) is 0 Å². The van der Waals surface area contributed by atoms with Crippen molar-refractivity contribution in [3.8, 4) is 0 Å². The Morgan fingerprint density at radius 3 is 1.13 bits per heavy atom. The number of hydrogen-bond acceptors (Lipinski definition) is 6. The molecule has 9 heteroatoms. The number of quaternary nitrogens is 2. The fraction of sp³-hybridized carbons (Fsp3) is 0.667. The summed E-state index contributed by atoms with van der Waals surface area (Å²) < 4.78 is 0. The van der Waals surface area contributed by atoms with Crippen LogP contribution in [-0.2, 0) is 9.59 Å². The summed E-state index contributed by atoms with van der Waals surface area (Å²) >= 11 is 0. The van der Waals surface area contributed by atoms with Gasteiger partial charge in [-0.25, -0.2) is 0 Å². The molecule has 0 fully saturated rings. The molecule has 0 aromatic heterocycles. The average Bonchev–Trinajstić information content (AvgIpc) is 2.15. The summed E-state index contributed by atoms with van der Waals surface area (Å²) in [5.41, 5.74) is 0.657. The molecule has 84 valence electrons. The van der Waals surface area contributed by atoms with Gasteiger partial charge in [-0.1, -0.05) is 0 Å². The first-order chi connectivity index (χ1) is 6.36. The molecule has 0 heterocycles. The molecule has 0 aliphatic carbocycles. The van der Waals surface area contributed by atoms with Gasteiger partial charge < -0.3 is 41.2 Å². The van der Waals surface area contributed by atoms with Crippen molar-refractivity contribution in [2.45, 2.75) is 25.9 Å². The van der Waals surface area contributed by atoms with Crippen LogP contribution in [0.4, 0.5) is 0 Å². The van der Waals surface area contributed by atoms with Crippen LogP contribution in [0.1, 0.15) is 13.8 Å². The standard InChI is InChI=1S/2C3H7NO3.Ca/c2*1-2(4-7)3(5)6;/h2*2H,4H2,1H3,(H,5,6);/q;;+2/p-2/t2*2-;/m00./s1. The maximum atomic E-state index is 9.59. The van der Waals surface area contributed by atoms with Crippen LogP contribution >= 0.6 is 0 Å². The molecule has 0 saturated heterocycles. The molecular formula is C6H12CaN2O6. The molecule has 15 heavy (non-hydrogen) atoms. The molecule has 0 aliphatic rings. The number of hydroxylamine groups is 2. The molecule has 0 saturated carbocycles. The zero-order valence-corrected chi connectivity index (χ0v) is 10.7. The first-order valence-electron chi connectivity index (χ1n) is 3.69. The minimum atomic E-state index is -1.32. The molecule has 0 spiro atoms. The average molecular weight is 248 g/mol. The molecule has 0 amide bonds. The second kappa shape index (κ2) is 12.1. The first-order valence-corrected chi connectivity index (χ1v) is 3.69. The Hall–Kier alpha value is 0.0397. The summed E-state index contributed by atoms with van der Waals surface area (Å²) in [5, 5.41) is 38.2. The summed E-state index contributed by atoms with van der Waals surface area (Å²) in [4.78, 5) is 19.2. The van der Waals surface area contributed by atoms with E-state index in [-0.39, 0.29) is 37.7 Å². The number of aliphatic carboxylic acids is 2. The zero-order chi connectivity index (χ0) is 11.7. The summed E-state index contributed by atoms with van der Waals surface area (Å²) in [5.74, 6) is -2.65. The van der Waals surface area contributed by atoms with E-state index in [1.807, 2.05) is 0 Å². The molecule has 4 N–H and O–H groups in total. The smallest absolute Gasteiger partial charge is 0.635 e. The van der Waals surface area contributed by atoms with Gasteiger partial charge in [0.05, 0.1) is 11.9 Å². The van der Waals surface area contributed by atoms with Gasteiger partial charge in [-0.3, -0.25) is 0 Å². The normalized spacial score (nSPS) is 12.5. The third-order valence-corrected chi connectivity index (χ3v) is 1.15. The second-order valence-electron chi connectivity index (χ2n) is 2.49. The van der Waals surface area contributed by atoms with Gasteiger partial charge in [-0.15, -0.1) is 0 Å². The fourth-order valence-electron chi connectivity index (χ4n) is 0.111. The van der Waals surface area contributed by atoms with E-state index < -0.39 is 24.0 Å². The zero-order valence-electron chi connectivity index (χ0n) is 8.47. The maximum absolute atomic E-state index is 9.59. The van der Waals surface area contributed by atoms with Crippen LogP contribution in [0, 0.1) is 10.4 Å². The minimum Gasteiger partial charge on any atom is -0.635 e. The molecule has 0 unspecified atom stereocenters. The van der Waals surface area contributed by atoms with Gasteiger partial charge in [0.1, 0.15) is 12.1 Å². The van der Waals surface area contributed by atoms with Crippen LogP contribution in [0.5, 0.6) is 0 Å². The van der Waals surface area contributed by atoms with Crippen molar-refractivity contribution >= 4 is 49.7 Å². The van der Waals surface area contributed by atoms with Gasteiger partial charge in [0.15, 0.2) is 0 Å². The molecule has 0 radical (unpaired) electrons. The Morgan fingerprint density at radius 2 is 1.13 bits per heavy atom. The van der Waals surface area contributed by atoms with E-state index in [0.717, 1.165) is 0 Å². The Labute approximate surface area is 116 Å². The van der Waals surface area contributed by atoms with Crippen molar-refractivity contribution in [2.75, 3.05) is 0 Å². The van der Waals surface area contributed by atoms with Gasteiger partial charge in [-0.05, 0) is 13.8 Å². The van der Waals surface area contributed by atoms with Crippen LogP contribution in [0.25, 0.3) is 0 Å². The molecular weight excluding hydrogens is 236 g/mol. The topological polar surface area (TPSA) is 160 Å². The molecule has 0 bridgehead atoms.